The van der Waals surface area contributed by atoms with Crippen molar-refractivity contribution in [2.24, 2.45) is 0 Å². The molecule has 0 unspecified atom stereocenters. The molecule has 1 aromatic heterocycles. The lowest BCUT2D eigenvalue weighted by Gasteiger charge is -2.10. The first-order valence-corrected chi connectivity index (χ1v) is 6.14. The van der Waals surface area contributed by atoms with Crippen molar-refractivity contribution in [3.05, 3.63) is 16.1 Å². The van der Waals surface area contributed by atoms with Crippen molar-refractivity contribution in [1.29, 1.82) is 0 Å². The van der Waals surface area contributed by atoms with Crippen LogP contribution in [0.5, 0.6) is 0 Å². The molecule has 0 radical (unpaired) electrons. The van der Waals surface area contributed by atoms with Crippen LogP contribution in [0.25, 0.3) is 0 Å². The Labute approximate surface area is 107 Å². The van der Waals surface area contributed by atoms with Crippen molar-refractivity contribution in [3.8, 4) is 0 Å². The molecule has 18 heavy (non-hydrogen) atoms. The number of amides is 1. The van der Waals surface area contributed by atoms with Gasteiger partial charge in [-0.05, 0) is 27.1 Å². The van der Waals surface area contributed by atoms with Crippen LogP contribution in [0.4, 0.5) is 13.2 Å². The van der Waals surface area contributed by atoms with Gasteiger partial charge in [-0.2, -0.15) is 13.2 Å². The maximum Gasteiger partial charge on any atom is 0.434 e. The molecule has 0 fully saturated rings. The second kappa shape index (κ2) is 6.14. The van der Waals surface area contributed by atoms with Gasteiger partial charge in [0.2, 0.25) is 0 Å². The monoisotopic (exact) mass is 281 g/mol. The average Bonchev–Trinajstić information content (AvgIpc) is 2.72. The molecule has 0 bridgehead atoms. The Morgan fingerprint density at radius 1 is 1.50 bits per heavy atom. The maximum absolute atomic E-state index is 12.5. The van der Waals surface area contributed by atoms with Gasteiger partial charge in [0.05, 0.1) is 5.51 Å². The molecule has 1 amide bonds. The number of hydrogen-bond acceptors (Lipinski definition) is 4. The molecule has 0 atom stereocenters. The van der Waals surface area contributed by atoms with Crippen LogP contribution in [0, 0.1) is 0 Å². The summed E-state index contributed by atoms with van der Waals surface area (Å²) in [5.74, 6) is -0.719. The van der Waals surface area contributed by atoms with Crippen molar-refractivity contribution >= 4 is 17.2 Å². The van der Waals surface area contributed by atoms with Gasteiger partial charge in [-0.25, -0.2) is 4.98 Å². The van der Waals surface area contributed by atoms with E-state index in [9.17, 15) is 18.0 Å². The molecule has 8 heteroatoms. The zero-order chi connectivity index (χ0) is 13.8. The largest absolute Gasteiger partial charge is 0.434 e. The van der Waals surface area contributed by atoms with E-state index in [1.54, 1.807) is 0 Å². The first kappa shape index (κ1) is 14.9. The SMILES string of the molecule is CN(C)CCCNC(=O)c1scnc1C(F)(F)F. The van der Waals surface area contributed by atoms with Gasteiger partial charge >= 0.3 is 6.18 Å². The summed E-state index contributed by atoms with van der Waals surface area (Å²) < 4.78 is 37.5. The van der Waals surface area contributed by atoms with Crippen molar-refractivity contribution in [2.75, 3.05) is 27.2 Å². The van der Waals surface area contributed by atoms with Gasteiger partial charge in [0, 0.05) is 6.54 Å². The van der Waals surface area contributed by atoms with Crippen LogP contribution in [-0.4, -0.2) is 43.0 Å². The zero-order valence-electron chi connectivity index (χ0n) is 10.0. The van der Waals surface area contributed by atoms with Gasteiger partial charge < -0.3 is 10.2 Å². The fraction of sp³-hybridized carbons (Fsp3) is 0.600. The lowest BCUT2D eigenvalue weighted by molar-refractivity contribution is -0.141. The third-order valence-corrected chi connectivity index (χ3v) is 2.94. The minimum Gasteiger partial charge on any atom is -0.351 e. The number of aromatic nitrogens is 1. The molecule has 0 saturated heterocycles. The zero-order valence-corrected chi connectivity index (χ0v) is 10.9. The smallest absolute Gasteiger partial charge is 0.351 e. The quantitative estimate of drug-likeness (QED) is 0.838. The van der Waals surface area contributed by atoms with Gasteiger partial charge in [-0.1, -0.05) is 0 Å². The summed E-state index contributed by atoms with van der Waals surface area (Å²) in [5.41, 5.74) is -0.0880. The number of carbonyl (C=O) groups excluding carboxylic acids is 1. The second-order valence-corrected chi connectivity index (χ2v) is 4.80. The number of carbonyl (C=O) groups is 1. The van der Waals surface area contributed by atoms with E-state index in [0.29, 0.717) is 24.3 Å². The number of rotatable bonds is 5. The molecule has 0 aliphatic carbocycles. The standard InChI is InChI=1S/C10H14F3N3OS/c1-16(2)5-3-4-14-9(17)7-8(10(11,12)13)15-6-18-7/h6H,3-5H2,1-2H3,(H,14,17). The number of halogens is 3. The highest BCUT2D eigenvalue weighted by molar-refractivity contribution is 7.11. The molecule has 0 saturated carbocycles. The van der Waals surface area contributed by atoms with Crippen LogP contribution in [0.3, 0.4) is 0 Å². The Morgan fingerprint density at radius 2 is 2.17 bits per heavy atom. The third-order valence-electron chi connectivity index (χ3n) is 2.11. The van der Waals surface area contributed by atoms with E-state index in [2.05, 4.69) is 10.3 Å². The molecule has 1 heterocycles. The minimum atomic E-state index is -4.59. The molecule has 0 aliphatic rings. The fourth-order valence-corrected chi connectivity index (χ4v) is 2.01. The minimum absolute atomic E-state index is 0.339. The first-order chi connectivity index (χ1) is 8.32. The number of nitrogens with zero attached hydrogens (tertiary/aromatic N) is 2. The lowest BCUT2D eigenvalue weighted by atomic mass is 10.3. The second-order valence-electron chi connectivity index (χ2n) is 3.94. The highest BCUT2D eigenvalue weighted by atomic mass is 32.1. The van der Waals surface area contributed by atoms with Gasteiger partial charge in [0.25, 0.3) is 5.91 Å². The Balaban J connectivity index is 2.55. The fourth-order valence-electron chi connectivity index (χ4n) is 1.29. The van der Waals surface area contributed by atoms with Gasteiger partial charge in [0.15, 0.2) is 5.69 Å². The van der Waals surface area contributed by atoms with E-state index in [4.69, 9.17) is 0 Å². The first-order valence-electron chi connectivity index (χ1n) is 5.26. The average molecular weight is 281 g/mol. The van der Waals surface area contributed by atoms with E-state index in [1.165, 1.54) is 0 Å². The summed E-state index contributed by atoms with van der Waals surface area (Å²) in [4.78, 5) is 16.3. The molecule has 0 spiro atoms. The Morgan fingerprint density at radius 3 is 2.72 bits per heavy atom. The molecule has 1 N–H and O–H groups in total. The summed E-state index contributed by atoms with van der Waals surface area (Å²) >= 11 is 0.695. The molecule has 4 nitrogen and oxygen atoms in total. The van der Waals surface area contributed by atoms with Crippen LogP contribution in [0.15, 0.2) is 5.51 Å². The van der Waals surface area contributed by atoms with Crippen LogP contribution >= 0.6 is 11.3 Å². The highest BCUT2D eigenvalue weighted by Crippen LogP contribution is 2.32. The number of hydrogen-bond donors (Lipinski definition) is 1. The van der Waals surface area contributed by atoms with Crippen LogP contribution in [0.1, 0.15) is 21.8 Å². The predicted molar refractivity (Wildman–Crippen MR) is 62.6 cm³/mol. The van der Waals surface area contributed by atoms with E-state index >= 15 is 0 Å². The Bertz CT molecular complexity index is 403. The summed E-state index contributed by atoms with van der Waals surface area (Å²) in [6.45, 7) is 1.10. The summed E-state index contributed by atoms with van der Waals surface area (Å²) in [5, 5.41) is 2.46. The molecule has 0 aromatic carbocycles. The number of alkyl halides is 3. The summed E-state index contributed by atoms with van der Waals surface area (Å²) in [7, 11) is 3.76. The van der Waals surface area contributed by atoms with Crippen LogP contribution in [0.2, 0.25) is 0 Å². The van der Waals surface area contributed by atoms with Gasteiger partial charge in [-0.15, -0.1) is 11.3 Å². The number of thiazole rings is 1. The maximum atomic E-state index is 12.5. The van der Waals surface area contributed by atoms with Crippen molar-refractivity contribution in [2.45, 2.75) is 12.6 Å². The predicted octanol–water partition coefficient (Wildman–Crippen LogP) is 1.84. The van der Waals surface area contributed by atoms with Gasteiger partial charge in [0.1, 0.15) is 4.88 Å². The third kappa shape index (κ3) is 4.26. The molecule has 1 aromatic rings. The molecular formula is C10H14F3N3OS. The molecule has 102 valence electrons. The van der Waals surface area contributed by atoms with E-state index in [1.807, 2.05) is 19.0 Å². The van der Waals surface area contributed by atoms with Crippen molar-refractivity contribution < 1.29 is 18.0 Å². The summed E-state index contributed by atoms with van der Waals surface area (Å²) in [6, 6.07) is 0. The van der Waals surface area contributed by atoms with E-state index in [0.717, 1.165) is 12.1 Å². The Hall–Kier alpha value is -1.15. The normalized spacial score (nSPS) is 11.9. The lowest BCUT2D eigenvalue weighted by Crippen LogP contribution is -2.28. The highest BCUT2D eigenvalue weighted by Gasteiger charge is 2.38. The topological polar surface area (TPSA) is 45.2 Å². The molecule has 1 rings (SSSR count). The van der Waals surface area contributed by atoms with Crippen molar-refractivity contribution in [1.82, 2.24) is 15.2 Å². The number of nitrogens with one attached hydrogen (secondary N) is 1. The molecule has 0 aliphatic heterocycles. The molecular weight excluding hydrogens is 267 g/mol. The van der Waals surface area contributed by atoms with E-state index in [-0.39, 0.29) is 4.88 Å². The van der Waals surface area contributed by atoms with E-state index < -0.39 is 17.8 Å². The van der Waals surface area contributed by atoms with Crippen LogP contribution in [-0.2, 0) is 6.18 Å². The Kier molecular flexibility index (Phi) is 5.09. The van der Waals surface area contributed by atoms with Crippen LogP contribution < -0.4 is 5.32 Å². The summed E-state index contributed by atoms with van der Waals surface area (Å²) in [6.07, 6.45) is -3.91. The van der Waals surface area contributed by atoms with Crippen molar-refractivity contribution in [3.63, 3.8) is 0 Å². The van der Waals surface area contributed by atoms with Gasteiger partial charge in [-0.3, -0.25) is 4.79 Å².